The predicted octanol–water partition coefficient (Wildman–Crippen LogP) is 1.65. The highest BCUT2D eigenvalue weighted by Crippen LogP contribution is 2.25. The van der Waals surface area contributed by atoms with Gasteiger partial charge in [0.05, 0.1) is 18.1 Å². The van der Waals surface area contributed by atoms with Gasteiger partial charge in [0.15, 0.2) is 0 Å². The quantitative estimate of drug-likeness (QED) is 0.780. The molecule has 0 saturated carbocycles. The first-order chi connectivity index (χ1) is 9.86. The fourth-order valence-corrected chi connectivity index (χ4v) is 2.34. The van der Waals surface area contributed by atoms with Crippen LogP contribution in [0.3, 0.4) is 0 Å². The highest BCUT2D eigenvalue weighted by Gasteiger charge is 2.11. The summed E-state index contributed by atoms with van der Waals surface area (Å²) in [6.45, 7) is 0. The smallest absolute Gasteiger partial charge is 0.220 e. The summed E-state index contributed by atoms with van der Waals surface area (Å²) in [4.78, 5) is 8.50. The second-order valence-corrected chi connectivity index (χ2v) is 4.79. The van der Waals surface area contributed by atoms with Crippen molar-refractivity contribution in [1.29, 1.82) is 0 Å². The Balaban J connectivity index is 1.90. The molecular weight excluding hydrogens is 274 g/mol. The Morgan fingerprint density at radius 1 is 1.15 bits per heavy atom. The van der Waals surface area contributed by atoms with Crippen LogP contribution in [0.25, 0.3) is 5.69 Å². The van der Waals surface area contributed by atoms with Gasteiger partial charge >= 0.3 is 0 Å². The molecule has 7 nitrogen and oxygen atoms in total. The van der Waals surface area contributed by atoms with E-state index in [1.54, 1.807) is 24.1 Å². The molecule has 0 atom stereocenters. The van der Waals surface area contributed by atoms with E-state index in [-0.39, 0.29) is 0 Å². The Morgan fingerprint density at radius 2 is 2.00 bits per heavy atom. The standard InChI is InChI=1S/C12H11N7S/c1-13-10-7-14-8-11(15-10)20-12-16-17-18-19(12)9-5-3-2-4-6-9/h2-8H,1H3,(H,13,15). The molecule has 0 radical (unpaired) electrons. The van der Waals surface area contributed by atoms with Crippen LogP contribution in [0.15, 0.2) is 52.9 Å². The molecule has 0 unspecified atom stereocenters. The molecule has 1 aromatic carbocycles. The van der Waals surface area contributed by atoms with Crippen LogP contribution < -0.4 is 5.32 Å². The first-order valence-electron chi connectivity index (χ1n) is 5.88. The second-order valence-electron chi connectivity index (χ2n) is 3.80. The first kappa shape index (κ1) is 12.5. The molecule has 0 bridgehead atoms. The minimum Gasteiger partial charge on any atom is -0.372 e. The lowest BCUT2D eigenvalue weighted by molar-refractivity contribution is 0.756. The van der Waals surface area contributed by atoms with E-state index >= 15 is 0 Å². The number of hydrogen-bond donors (Lipinski definition) is 1. The average molecular weight is 285 g/mol. The van der Waals surface area contributed by atoms with Crippen LogP contribution in [-0.4, -0.2) is 37.2 Å². The van der Waals surface area contributed by atoms with Gasteiger partial charge in [-0.1, -0.05) is 18.2 Å². The van der Waals surface area contributed by atoms with Gasteiger partial charge in [-0.2, -0.15) is 4.68 Å². The van der Waals surface area contributed by atoms with Gasteiger partial charge in [-0.3, -0.25) is 4.98 Å². The van der Waals surface area contributed by atoms with Crippen molar-refractivity contribution in [2.75, 3.05) is 12.4 Å². The Morgan fingerprint density at radius 3 is 2.80 bits per heavy atom. The van der Waals surface area contributed by atoms with E-state index < -0.39 is 0 Å². The van der Waals surface area contributed by atoms with Crippen LogP contribution >= 0.6 is 11.8 Å². The number of nitrogens with zero attached hydrogens (tertiary/aromatic N) is 6. The van der Waals surface area contributed by atoms with Gasteiger partial charge < -0.3 is 5.32 Å². The van der Waals surface area contributed by atoms with Gasteiger partial charge in [0.2, 0.25) is 5.16 Å². The molecule has 2 aromatic heterocycles. The summed E-state index contributed by atoms with van der Waals surface area (Å²) in [6, 6.07) is 9.70. The fourth-order valence-electron chi connectivity index (χ4n) is 1.59. The van der Waals surface area contributed by atoms with Crippen LogP contribution in [0.2, 0.25) is 0 Å². The van der Waals surface area contributed by atoms with E-state index in [0.717, 1.165) is 10.7 Å². The van der Waals surface area contributed by atoms with Crippen molar-refractivity contribution in [3.05, 3.63) is 42.7 Å². The topological polar surface area (TPSA) is 81.4 Å². The molecule has 0 fully saturated rings. The zero-order chi connectivity index (χ0) is 13.8. The number of anilines is 1. The van der Waals surface area contributed by atoms with Crippen LogP contribution in [0, 0.1) is 0 Å². The normalized spacial score (nSPS) is 10.4. The Hall–Kier alpha value is -2.48. The summed E-state index contributed by atoms with van der Waals surface area (Å²) in [7, 11) is 1.80. The van der Waals surface area contributed by atoms with E-state index in [1.807, 2.05) is 30.3 Å². The third-order valence-electron chi connectivity index (χ3n) is 2.51. The summed E-state index contributed by atoms with van der Waals surface area (Å²) < 4.78 is 1.67. The minimum atomic E-state index is 0.638. The van der Waals surface area contributed by atoms with Crippen molar-refractivity contribution >= 4 is 17.6 Å². The maximum atomic E-state index is 4.38. The third-order valence-corrected chi connectivity index (χ3v) is 3.35. The number of aromatic nitrogens is 6. The van der Waals surface area contributed by atoms with Crippen LogP contribution in [0.5, 0.6) is 0 Å². The van der Waals surface area contributed by atoms with Crippen molar-refractivity contribution < 1.29 is 0 Å². The van der Waals surface area contributed by atoms with Crippen molar-refractivity contribution in [2.45, 2.75) is 10.2 Å². The molecule has 3 rings (SSSR count). The molecule has 2 heterocycles. The first-order valence-corrected chi connectivity index (χ1v) is 6.70. The van der Waals surface area contributed by atoms with Gasteiger partial charge in [-0.05, 0) is 34.3 Å². The molecule has 0 aliphatic rings. The molecule has 0 aliphatic heterocycles. The monoisotopic (exact) mass is 285 g/mol. The molecule has 1 N–H and O–H groups in total. The van der Waals surface area contributed by atoms with Gasteiger partial charge in [-0.25, -0.2) is 4.98 Å². The highest BCUT2D eigenvalue weighted by atomic mass is 32.2. The van der Waals surface area contributed by atoms with Crippen molar-refractivity contribution in [3.63, 3.8) is 0 Å². The van der Waals surface area contributed by atoms with E-state index in [0.29, 0.717) is 11.0 Å². The number of para-hydroxylation sites is 1. The van der Waals surface area contributed by atoms with Gasteiger partial charge in [0.25, 0.3) is 0 Å². The lowest BCUT2D eigenvalue weighted by atomic mass is 10.3. The Kier molecular flexibility index (Phi) is 3.55. The zero-order valence-electron chi connectivity index (χ0n) is 10.6. The molecule has 3 aromatic rings. The van der Waals surface area contributed by atoms with E-state index in [4.69, 9.17) is 0 Å². The Labute approximate surface area is 119 Å². The van der Waals surface area contributed by atoms with Crippen molar-refractivity contribution in [1.82, 2.24) is 30.2 Å². The van der Waals surface area contributed by atoms with Crippen molar-refractivity contribution in [3.8, 4) is 5.69 Å². The number of hydrogen-bond acceptors (Lipinski definition) is 7. The van der Waals surface area contributed by atoms with E-state index in [9.17, 15) is 0 Å². The van der Waals surface area contributed by atoms with E-state index in [1.165, 1.54) is 11.8 Å². The molecule has 100 valence electrons. The van der Waals surface area contributed by atoms with E-state index in [2.05, 4.69) is 30.8 Å². The number of nitrogens with one attached hydrogen (secondary N) is 1. The predicted molar refractivity (Wildman–Crippen MR) is 74.9 cm³/mol. The lowest BCUT2D eigenvalue weighted by Crippen LogP contribution is -1.99. The number of rotatable bonds is 4. The maximum Gasteiger partial charge on any atom is 0.220 e. The number of benzene rings is 1. The fraction of sp³-hybridized carbons (Fsp3) is 0.0833. The largest absolute Gasteiger partial charge is 0.372 e. The molecule has 0 spiro atoms. The molecule has 20 heavy (non-hydrogen) atoms. The molecule has 0 amide bonds. The summed E-state index contributed by atoms with van der Waals surface area (Å²) in [6.07, 6.45) is 3.33. The summed E-state index contributed by atoms with van der Waals surface area (Å²) in [5.41, 5.74) is 0.901. The Bertz CT molecular complexity index is 698. The SMILES string of the molecule is CNc1cncc(Sc2nnnn2-c2ccccc2)n1. The summed E-state index contributed by atoms with van der Waals surface area (Å²) in [5, 5.41) is 16.0. The maximum absolute atomic E-state index is 4.38. The van der Waals surface area contributed by atoms with Gasteiger partial charge in [0.1, 0.15) is 10.8 Å². The molecule has 0 saturated heterocycles. The van der Waals surface area contributed by atoms with Crippen molar-refractivity contribution in [2.24, 2.45) is 0 Å². The lowest BCUT2D eigenvalue weighted by Gasteiger charge is -2.04. The van der Waals surface area contributed by atoms with Crippen LogP contribution in [0.1, 0.15) is 0 Å². The minimum absolute atomic E-state index is 0.638. The second kappa shape index (κ2) is 5.66. The van der Waals surface area contributed by atoms with Gasteiger partial charge in [0, 0.05) is 7.05 Å². The average Bonchev–Trinajstić information content (AvgIpc) is 2.96. The van der Waals surface area contributed by atoms with Crippen LogP contribution in [-0.2, 0) is 0 Å². The summed E-state index contributed by atoms with van der Waals surface area (Å²) in [5.74, 6) is 0.703. The highest BCUT2D eigenvalue weighted by molar-refractivity contribution is 7.99. The molecule has 8 heteroatoms. The van der Waals surface area contributed by atoms with Crippen LogP contribution in [0.4, 0.5) is 5.82 Å². The zero-order valence-corrected chi connectivity index (χ0v) is 11.4. The summed E-state index contributed by atoms with van der Waals surface area (Å²) >= 11 is 1.36. The molecule has 0 aliphatic carbocycles. The number of tetrazole rings is 1. The van der Waals surface area contributed by atoms with Gasteiger partial charge in [-0.15, -0.1) is 5.10 Å². The molecular formula is C12H11N7S. The third kappa shape index (κ3) is 2.59.